The molecule has 2 aromatic carbocycles. The molecule has 0 spiro atoms. The van der Waals surface area contributed by atoms with E-state index in [9.17, 15) is 14.4 Å². The third-order valence-electron chi connectivity index (χ3n) is 3.32. The lowest BCUT2D eigenvalue weighted by atomic mass is 10.1. The number of amides is 2. The van der Waals surface area contributed by atoms with E-state index in [1.54, 1.807) is 75.4 Å². The van der Waals surface area contributed by atoms with Crippen molar-refractivity contribution in [2.45, 2.75) is 26.4 Å². The molecular weight excluding hydrogens is 344 g/mol. The van der Waals surface area contributed by atoms with Gasteiger partial charge in [0.25, 0.3) is 0 Å². The van der Waals surface area contributed by atoms with E-state index in [4.69, 9.17) is 4.74 Å². The maximum absolute atomic E-state index is 12.2. The first-order chi connectivity index (χ1) is 12.8. The molecule has 2 amide bonds. The quantitative estimate of drug-likeness (QED) is 0.603. The summed E-state index contributed by atoms with van der Waals surface area (Å²) in [6, 6.07) is 13.7. The second-order valence-electron chi connectivity index (χ2n) is 6.78. The molecule has 0 aromatic heterocycles. The molecule has 0 aliphatic heterocycles. The van der Waals surface area contributed by atoms with Crippen molar-refractivity contribution >= 4 is 35.7 Å². The normalized spacial score (nSPS) is 11.1. The second kappa shape index (κ2) is 8.80. The van der Waals surface area contributed by atoms with Crippen LogP contribution >= 0.6 is 0 Å². The number of ether oxygens (including phenoxy) is 1. The summed E-state index contributed by atoms with van der Waals surface area (Å²) in [7, 11) is 0. The van der Waals surface area contributed by atoms with Crippen molar-refractivity contribution < 1.29 is 19.1 Å². The van der Waals surface area contributed by atoms with Crippen molar-refractivity contribution in [3.05, 3.63) is 65.7 Å². The van der Waals surface area contributed by atoms with Gasteiger partial charge in [-0.3, -0.25) is 14.9 Å². The molecule has 2 rings (SSSR count). The van der Waals surface area contributed by atoms with Crippen LogP contribution in [0.15, 0.2) is 54.6 Å². The van der Waals surface area contributed by atoms with Gasteiger partial charge in [0, 0.05) is 11.6 Å². The summed E-state index contributed by atoms with van der Waals surface area (Å²) in [4.78, 5) is 34.8. The van der Waals surface area contributed by atoms with Crippen molar-refractivity contribution in [2.75, 3.05) is 10.6 Å². The minimum atomic E-state index is -0.621. The minimum absolute atomic E-state index is 0.354. The number of hydrogen-bond donors (Lipinski definition) is 2. The Kier molecular flexibility index (Phi) is 6.49. The van der Waals surface area contributed by atoms with Gasteiger partial charge in [0.1, 0.15) is 11.9 Å². The number of anilines is 2. The highest BCUT2D eigenvalue weighted by Crippen LogP contribution is 2.22. The van der Waals surface area contributed by atoms with E-state index in [1.807, 2.05) is 0 Å². The third kappa shape index (κ3) is 6.78. The Hall–Kier alpha value is -3.41. The Morgan fingerprint density at radius 2 is 1.44 bits per heavy atom. The molecule has 0 aliphatic carbocycles. The zero-order valence-corrected chi connectivity index (χ0v) is 15.5. The number of nitrogens with one attached hydrogen (secondary N) is 2. The summed E-state index contributed by atoms with van der Waals surface area (Å²) in [6.45, 7) is 5.31. The second-order valence-corrected chi connectivity index (χ2v) is 6.78. The van der Waals surface area contributed by atoms with Gasteiger partial charge in [0.05, 0.1) is 11.4 Å². The minimum Gasteiger partial charge on any atom is -0.444 e. The zero-order chi connectivity index (χ0) is 19.9. The predicted molar refractivity (Wildman–Crippen MR) is 106 cm³/mol. The van der Waals surface area contributed by atoms with Crippen LogP contribution < -0.4 is 10.6 Å². The van der Waals surface area contributed by atoms with Gasteiger partial charge in [0.15, 0.2) is 0 Å². The van der Waals surface area contributed by atoms with Crippen LogP contribution in [-0.2, 0) is 9.53 Å². The highest BCUT2D eigenvalue weighted by molar-refractivity contribution is 6.05. The Balaban J connectivity index is 2.03. The average Bonchev–Trinajstić information content (AvgIpc) is 2.60. The van der Waals surface area contributed by atoms with Gasteiger partial charge in [-0.2, -0.15) is 0 Å². The number of aldehydes is 1. The van der Waals surface area contributed by atoms with Gasteiger partial charge in [-0.05, 0) is 44.5 Å². The van der Waals surface area contributed by atoms with Gasteiger partial charge < -0.3 is 10.1 Å². The fraction of sp³-hybridized carbons (Fsp3) is 0.190. The predicted octanol–water partition coefficient (Wildman–Crippen LogP) is 4.50. The first-order valence-corrected chi connectivity index (χ1v) is 8.40. The monoisotopic (exact) mass is 366 g/mol. The number of hydrogen-bond acceptors (Lipinski definition) is 4. The van der Waals surface area contributed by atoms with Crippen LogP contribution in [0.2, 0.25) is 0 Å². The molecule has 6 nitrogen and oxygen atoms in total. The van der Waals surface area contributed by atoms with Crippen molar-refractivity contribution in [1.29, 1.82) is 0 Å². The molecule has 0 saturated carbocycles. The van der Waals surface area contributed by atoms with Crippen LogP contribution in [0.1, 0.15) is 36.7 Å². The lowest BCUT2D eigenvalue weighted by molar-refractivity contribution is -0.111. The van der Waals surface area contributed by atoms with Gasteiger partial charge in [-0.25, -0.2) is 4.79 Å². The van der Waals surface area contributed by atoms with E-state index in [1.165, 1.54) is 6.08 Å². The molecule has 0 atom stereocenters. The lowest BCUT2D eigenvalue weighted by Gasteiger charge is -2.20. The maximum Gasteiger partial charge on any atom is 0.412 e. The lowest BCUT2D eigenvalue weighted by Crippen LogP contribution is -2.27. The van der Waals surface area contributed by atoms with E-state index in [0.29, 0.717) is 16.9 Å². The zero-order valence-electron chi connectivity index (χ0n) is 15.5. The van der Waals surface area contributed by atoms with Crippen LogP contribution in [0.5, 0.6) is 0 Å². The number of para-hydroxylation sites is 2. The molecule has 0 radical (unpaired) electrons. The number of rotatable bonds is 5. The van der Waals surface area contributed by atoms with E-state index < -0.39 is 11.7 Å². The summed E-state index contributed by atoms with van der Waals surface area (Å²) in [5.74, 6) is -0.354. The molecule has 6 heteroatoms. The first kappa shape index (κ1) is 19.9. The Morgan fingerprint density at radius 1 is 0.889 bits per heavy atom. The number of benzene rings is 2. The van der Waals surface area contributed by atoms with Crippen molar-refractivity contribution in [2.24, 2.45) is 0 Å². The molecule has 0 aliphatic rings. The van der Waals surface area contributed by atoms with E-state index in [2.05, 4.69) is 10.6 Å². The van der Waals surface area contributed by atoms with Crippen LogP contribution in [-0.4, -0.2) is 23.9 Å². The Bertz CT molecular complexity index is 849. The van der Waals surface area contributed by atoms with Crippen molar-refractivity contribution in [1.82, 2.24) is 0 Å². The van der Waals surface area contributed by atoms with Crippen LogP contribution in [0.3, 0.4) is 0 Å². The summed E-state index contributed by atoms with van der Waals surface area (Å²) in [5.41, 5.74) is 1.62. The molecule has 27 heavy (non-hydrogen) atoms. The SMILES string of the molecule is CC(C)(C)OC(=O)Nc1ccccc1NC(=O)C=Cc1ccc(C=O)cc1. The first-order valence-electron chi connectivity index (χ1n) is 8.40. The van der Waals surface area contributed by atoms with Crippen molar-refractivity contribution in [3.8, 4) is 0 Å². The van der Waals surface area contributed by atoms with E-state index in [0.717, 1.165) is 11.8 Å². The standard InChI is InChI=1S/C21H22N2O4/c1-21(2,3)27-20(26)23-18-7-5-4-6-17(18)22-19(25)13-12-15-8-10-16(14-24)11-9-15/h4-14H,1-3H3,(H,22,25)(H,23,26). The summed E-state index contributed by atoms with van der Waals surface area (Å²) < 4.78 is 5.22. The third-order valence-corrected chi connectivity index (χ3v) is 3.32. The molecule has 0 saturated heterocycles. The fourth-order valence-electron chi connectivity index (χ4n) is 2.15. The molecule has 2 aromatic rings. The smallest absolute Gasteiger partial charge is 0.412 e. The molecular formula is C21H22N2O4. The van der Waals surface area contributed by atoms with E-state index >= 15 is 0 Å². The largest absolute Gasteiger partial charge is 0.444 e. The highest BCUT2D eigenvalue weighted by Gasteiger charge is 2.17. The summed E-state index contributed by atoms with van der Waals surface area (Å²) in [5, 5.41) is 5.35. The van der Waals surface area contributed by atoms with Gasteiger partial charge in [-0.15, -0.1) is 0 Å². The Morgan fingerprint density at radius 3 is 2.00 bits per heavy atom. The van der Waals surface area contributed by atoms with Crippen LogP contribution in [0, 0.1) is 0 Å². The molecule has 0 heterocycles. The molecule has 2 N–H and O–H groups in total. The summed E-state index contributed by atoms with van der Waals surface area (Å²) >= 11 is 0. The Labute approximate surface area is 158 Å². The maximum atomic E-state index is 12.2. The number of carbonyl (C=O) groups excluding carboxylic acids is 3. The molecule has 0 bridgehead atoms. The van der Waals surface area contributed by atoms with Gasteiger partial charge in [-0.1, -0.05) is 36.4 Å². The average molecular weight is 366 g/mol. The van der Waals surface area contributed by atoms with Gasteiger partial charge in [0.2, 0.25) is 5.91 Å². The highest BCUT2D eigenvalue weighted by atomic mass is 16.6. The number of carbonyl (C=O) groups is 3. The van der Waals surface area contributed by atoms with Crippen LogP contribution in [0.25, 0.3) is 6.08 Å². The molecule has 140 valence electrons. The molecule has 0 fully saturated rings. The topological polar surface area (TPSA) is 84.5 Å². The van der Waals surface area contributed by atoms with E-state index in [-0.39, 0.29) is 5.91 Å². The fourth-order valence-corrected chi connectivity index (χ4v) is 2.15. The van der Waals surface area contributed by atoms with Crippen LogP contribution in [0.4, 0.5) is 16.2 Å². The van der Waals surface area contributed by atoms with Crippen molar-refractivity contribution in [3.63, 3.8) is 0 Å². The summed E-state index contributed by atoms with van der Waals surface area (Å²) in [6.07, 6.45) is 3.16. The van der Waals surface area contributed by atoms with Gasteiger partial charge >= 0.3 is 6.09 Å². The molecule has 0 unspecified atom stereocenters.